The number of carbonyl (C=O) groups excluding carboxylic acids is 2. The van der Waals surface area contributed by atoms with Crippen LogP contribution < -0.4 is 5.43 Å². The fourth-order valence-corrected chi connectivity index (χ4v) is 3.61. The Balaban J connectivity index is 1.39. The van der Waals surface area contributed by atoms with Gasteiger partial charge in [0.05, 0.1) is 11.6 Å². The van der Waals surface area contributed by atoms with Crippen LogP contribution in [-0.4, -0.2) is 29.0 Å². The second-order valence-corrected chi connectivity index (χ2v) is 7.40. The minimum Gasteiger partial charge on any atom is -0.338 e. The van der Waals surface area contributed by atoms with Crippen molar-refractivity contribution in [3.05, 3.63) is 83.9 Å². The molecule has 1 N–H and O–H groups in total. The Labute approximate surface area is 170 Å². The van der Waals surface area contributed by atoms with Crippen molar-refractivity contribution in [2.75, 3.05) is 6.54 Å². The summed E-state index contributed by atoms with van der Waals surface area (Å²) in [6, 6.07) is 24.0. The minimum absolute atomic E-state index is 0.00392. The zero-order valence-corrected chi connectivity index (χ0v) is 16.3. The van der Waals surface area contributed by atoms with Gasteiger partial charge in [-0.1, -0.05) is 66.7 Å². The summed E-state index contributed by atoms with van der Waals surface area (Å²) in [4.78, 5) is 26.6. The largest absolute Gasteiger partial charge is 0.338 e. The van der Waals surface area contributed by atoms with Crippen molar-refractivity contribution in [2.24, 2.45) is 11.0 Å². The Morgan fingerprint density at radius 3 is 2.55 bits per heavy atom. The summed E-state index contributed by atoms with van der Waals surface area (Å²) in [5, 5.41) is 6.56. The van der Waals surface area contributed by atoms with Gasteiger partial charge in [0.15, 0.2) is 0 Å². The predicted octanol–water partition coefficient (Wildman–Crippen LogP) is 3.73. The molecule has 5 heteroatoms. The van der Waals surface area contributed by atoms with Gasteiger partial charge in [-0.3, -0.25) is 9.59 Å². The van der Waals surface area contributed by atoms with Crippen molar-refractivity contribution in [3.8, 4) is 0 Å². The maximum atomic E-state index is 12.5. The molecule has 1 heterocycles. The molecular weight excluding hydrogens is 362 g/mol. The third-order valence-electron chi connectivity index (χ3n) is 5.30. The topological polar surface area (TPSA) is 61.8 Å². The van der Waals surface area contributed by atoms with Crippen LogP contribution in [0.2, 0.25) is 0 Å². The molecule has 1 atom stereocenters. The SMILES string of the molecule is C/C(=N\NC(=O)C1CC(=O)N(Cc2ccccc2)C1)c1ccc2ccccc2c1. The van der Waals surface area contributed by atoms with E-state index in [4.69, 9.17) is 0 Å². The Morgan fingerprint density at radius 2 is 1.76 bits per heavy atom. The number of rotatable bonds is 5. The van der Waals surface area contributed by atoms with Crippen LogP contribution in [0.5, 0.6) is 0 Å². The molecule has 0 spiro atoms. The van der Waals surface area contributed by atoms with Crippen molar-refractivity contribution in [1.29, 1.82) is 0 Å². The maximum absolute atomic E-state index is 12.5. The van der Waals surface area contributed by atoms with Crippen LogP contribution in [-0.2, 0) is 16.1 Å². The van der Waals surface area contributed by atoms with Crippen LogP contribution in [0.25, 0.3) is 10.8 Å². The molecule has 0 aliphatic carbocycles. The number of amides is 2. The van der Waals surface area contributed by atoms with Crippen LogP contribution >= 0.6 is 0 Å². The van der Waals surface area contributed by atoms with Gasteiger partial charge in [0.25, 0.3) is 0 Å². The van der Waals surface area contributed by atoms with Gasteiger partial charge in [-0.2, -0.15) is 5.10 Å². The van der Waals surface area contributed by atoms with E-state index in [1.807, 2.05) is 61.5 Å². The molecule has 0 bridgehead atoms. The van der Waals surface area contributed by atoms with Crippen LogP contribution in [0.4, 0.5) is 0 Å². The van der Waals surface area contributed by atoms with Crippen molar-refractivity contribution < 1.29 is 9.59 Å². The Bertz CT molecular complexity index is 1080. The first-order chi connectivity index (χ1) is 14.1. The first kappa shape index (κ1) is 18.9. The van der Waals surface area contributed by atoms with Crippen LogP contribution in [0.15, 0.2) is 77.9 Å². The van der Waals surface area contributed by atoms with Crippen molar-refractivity contribution >= 4 is 28.3 Å². The minimum atomic E-state index is -0.376. The Hall–Kier alpha value is -3.47. The number of hydrazone groups is 1. The highest BCUT2D eigenvalue weighted by molar-refractivity contribution is 6.02. The van der Waals surface area contributed by atoms with Crippen LogP contribution in [0.3, 0.4) is 0 Å². The van der Waals surface area contributed by atoms with E-state index in [1.54, 1.807) is 4.90 Å². The summed E-state index contributed by atoms with van der Waals surface area (Å²) in [6.45, 7) is 2.82. The first-order valence-electron chi connectivity index (χ1n) is 9.75. The average Bonchev–Trinajstić information content (AvgIpc) is 3.12. The second kappa shape index (κ2) is 8.27. The van der Waals surface area contributed by atoms with Crippen molar-refractivity contribution in [2.45, 2.75) is 19.9 Å². The summed E-state index contributed by atoms with van der Waals surface area (Å²) < 4.78 is 0. The smallest absolute Gasteiger partial charge is 0.245 e. The van der Waals surface area contributed by atoms with E-state index in [0.29, 0.717) is 13.1 Å². The maximum Gasteiger partial charge on any atom is 0.245 e. The molecule has 3 aromatic carbocycles. The molecule has 1 unspecified atom stereocenters. The van der Waals surface area contributed by atoms with E-state index in [-0.39, 0.29) is 24.2 Å². The van der Waals surface area contributed by atoms with E-state index >= 15 is 0 Å². The quantitative estimate of drug-likeness (QED) is 0.537. The summed E-state index contributed by atoms with van der Waals surface area (Å²) in [7, 11) is 0. The molecule has 5 nitrogen and oxygen atoms in total. The standard InChI is InChI=1S/C24H23N3O2/c1-17(20-12-11-19-9-5-6-10-21(19)13-20)25-26-24(29)22-14-23(28)27(16-22)15-18-7-3-2-4-8-18/h2-13,22H,14-16H2,1H3,(H,26,29)/b25-17+. The third-order valence-corrected chi connectivity index (χ3v) is 5.30. The predicted molar refractivity (Wildman–Crippen MR) is 114 cm³/mol. The molecule has 1 aliphatic rings. The Morgan fingerprint density at radius 1 is 1.03 bits per heavy atom. The van der Waals surface area contributed by atoms with Gasteiger partial charge < -0.3 is 4.90 Å². The van der Waals surface area contributed by atoms with Gasteiger partial charge >= 0.3 is 0 Å². The molecule has 4 rings (SSSR count). The van der Waals surface area contributed by atoms with Crippen LogP contribution in [0.1, 0.15) is 24.5 Å². The van der Waals surface area contributed by atoms with Crippen molar-refractivity contribution in [1.82, 2.24) is 10.3 Å². The van der Waals surface area contributed by atoms with E-state index in [2.05, 4.69) is 28.7 Å². The highest BCUT2D eigenvalue weighted by atomic mass is 16.2. The molecule has 3 aromatic rings. The van der Waals surface area contributed by atoms with Crippen molar-refractivity contribution in [3.63, 3.8) is 0 Å². The molecule has 0 saturated carbocycles. The number of nitrogens with one attached hydrogen (secondary N) is 1. The van der Waals surface area contributed by atoms with E-state index in [1.165, 1.54) is 0 Å². The molecule has 1 fully saturated rings. The van der Waals surface area contributed by atoms with Gasteiger partial charge in [-0.05, 0) is 34.9 Å². The zero-order valence-electron chi connectivity index (χ0n) is 16.3. The Kier molecular flexibility index (Phi) is 5.38. The molecule has 0 aromatic heterocycles. The molecule has 0 radical (unpaired) electrons. The summed E-state index contributed by atoms with van der Waals surface area (Å²) >= 11 is 0. The first-order valence-corrected chi connectivity index (χ1v) is 9.75. The lowest BCUT2D eigenvalue weighted by Gasteiger charge is -2.16. The lowest BCUT2D eigenvalue weighted by Crippen LogP contribution is -2.30. The highest BCUT2D eigenvalue weighted by Gasteiger charge is 2.34. The second-order valence-electron chi connectivity index (χ2n) is 7.40. The van der Waals surface area contributed by atoms with Gasteiger partial charge in [0, 0.05) is 19.5 Å². The van der Waals surface area contributed by atoms with Gasteiger partial charge in [0.2, 0.25) is 11.8 Å². The molecule has 2 amide bonds. The fourth-order valence-electron chi connectivity index (χ4n) is 3.61. The molecule has 146 valence electrons. The third kappa shape index (κ3) is 4.35. The summed E-state index contributed by atoms with van der Waals surface area (Å²) in [5.41, 5.74) is 5.39. The van der Waals surface area contributed by atoms with E-state index in [0.717, 1.165) is 27.6 Å². The molecule has 1 saturated heterocycles. The van der Waals surface area contributed by atoms with Gasteiger partial charge in [-0.25, -0.2) is 5.43 Å². The number of nitrogens with zero attached hydrogens (tertiary/aromatic N) is 2. The molecular formula is C24H23N3O2. The molecule has 29 heavy (non-hydrogen) atoms. The number of benzene rings is 3. The lowest BCUT2D eigenvalue weighted by atomic mass is 10.0. The summed E-state index contributed by atoms with van der Waals surface area (Å²) in [5.74, 6) is -0.586. The van der Waals surface area contributed by atoms with E-state index < -0.39 is 0 Å². The van der Waals surface area contributed by atoms with Gasteiger partial charge in [0.1, 0.15) is 0 Å². The van der Waals surface area contributed by atoms with Gasteiger partial charge in [-0.15, -0.1) is 0 Å². The zero-order chi connectivity index (χ0) is 20.2. The average molecular weight is 385 g/mol. The lowest BCUT2D eigenvalue weighted by molar-refractivity contribution is -0.129. The molecule has 1 aliphatic heterocycles. The number of fused-ring (bicyclic) bond motifs is 1. The number of carbonyl (C=O) groups is 2. The number of hydrogen-bond donors (Lipinski definition) is 1. The number of hydrogen-bond acceptors (Lipinski definition) is 3. The monoisotopic (exact) mass is 385 g/mol. The normalized spacial score (nSPS) is 17.0. The van der Waals surface area contributed by atoms with Crippen LogP contribution in [0, 0.1) is 5.92 Å². The highest BCUT2D eigenvalue weighted by Crippen LogP contribution is 2.21. The summed E-state index contributed by atoms with van der Waals surface area (Å²) in [6.07, 6.45) is 0.225. The fraction of sp³-hybridized carbons (Fsp3) is 0.208. The number of likely N-dealkylation sites (tertiary alicyclic amines) is 1. The van der Waals surface area contributed by atoms with E-state index in [9.17, 15) is 9.59 Å².